The third-order valence-electron chi connectivity index (χ3n) is 5.63. The predicted molar refractivity (Wildman–Crippen MR) is 119 cm³/mol. The highest BCUT2D eigenvalue weighted by Gasteiger charge is 2.34. The Morgan fingerprint density at radius 2 is 1.70 bits per heavy atom. The minimum atomic E-state index is -0.542. The van der Waals surface area contributed by atoms with Gasteiger partial charge in [0.2, 0.25) is 0 Å². The summed E-state index contributed by atoms with van der Waals surface area (Å²) in [7, 11) is 3.28. The molecular weight excluding hydrogens is 378 g/mol. The molecule has 5 nitrogen and oxygen atoms in total. The second-order valence-corrected chi connectivity index (χ2v) is 8.97. The highest BCUT2D eigenvalue weighted by Crippen LogP contribution is 2.40. The van der Waals surface area contributed by atoms with Gasteiger partial charge >= 0.3 is 6.09 Å². The fourth-order valence-corrected chi connectivity index (χ4v) is 3.94. The summed E-state index contributed by atoms with van der Waals surface area (Å²) >= 11 is 0. The smallest absolute Gasteiger partial charge is 0.410 e. The average molecular weight is 412 g/mol. The summed E-state index contributed by atoms with van der Waals surface area (Å²) < 4.78 is 16.8. The van der Waals surface area contributed by atoms with Gasteiger partial charge in [-0.3, -0.25) is 0 Å². The van der Waals surface area contributed by atoms with Crippen LogP contribution >= 0.6 is 0 Å². The topological polar surface area (TPSA) is 48.0 Å². The Kier molecular flexibility index (Phi) is 6.30. The largest absolute Gasteiger partial charge is 0.493 e. The van der Waals surface area contributed by atoms with E-state index in [0.29, 0.717) is 24.5 Å². The van der Waals surface area contributed by atoms with Gasteiger partial charge in [-0.05, 0) is 87.4 Å². The average Bonchev–Trinajstić information content (AvgIpc) is 2.68. The molecule has 1 aliphatic rings. The zero-order chi connectivity index (χ0) is 22.1. The van der Waals surface area contributed by atoms with E-state index >= 15 is 0 Å². The molecule has 0 saturated heterocycles. The number of rotatable bonds is 4. The molecule has 1 heterocycles. The quantitative estimate of drug-likeness (QED) is 0.676. The Labute approximate surface area is 179 Å². The first-order valence-electron chi connectivity index (χ1n) is 10.4. The molecule has 2 aromatic carbocycles. The van der Waals surface area contributed by atoms with Gasteiger partial charge < -0.3 is 19.1 Å². The molecule has 0 N–H and O–H groups in total. The third-order valence-corrected chi connectivity index (χ3v) is 5.63. The minimum absolute atomic E-state index is 0.134. The van der Waals surface area contributed by atoms with Crippen LogP contribution in [0.1, 0.15) is 54.6 Å². The molecule has 1 amide bonds. The van der Waals surface area contributed by atoms with E-state index < -0.39 is 5.60 Å². The van der Waals surface area contributed by atoms with Crippen molar-refractivity contribution in [2.45, 2.75) is 59.1 Å². The van der Waals surface area contributed by atoms with Gasteiger partial charge in [-0.2, -0.15) is 0 Å². The molecule has 0 fully saturated rings. The lowest BCUT2D eigenvalue weighted by atomic mass is 9.88. The molecule has 1 atom stereocenters. The maximum absolute atomic E-state index is 13.1. The lowest BCUT2D eigenvalue weighted by Crippen LogP contribution is -2.43. The van der Waals surface area contributed by atoms with Crippen LogP contribution in [0.15, 0.2) is 30.3 Å². The van der Waals surface area contributed by atoms with E-state index in [-0.39, 0.29) is 12.1 Å². The van der Waals surface area contributed by atoms with E-state index in [1.54, 1.807) is 14.2 Å². The number of methoxy groups -OCH3 is 2. The Morgan fingerprint density at radius 3 is 2.30 bits per heavy atom. The molecule has 0 bridgehead atoms. The molecule has 2 aromatic rings. The second-order valence-electron chi connectivity index (χ2n) is 8.97. The first-order chi connectivity index (χ1) is 14.1. The minimum Gasteiger partial charge on any atom is -0.493 e. The molecule has 1 unspecified atom stereocenters. The zero-order valence-electron chi connectivity index (χ0n) is 19.2. The molecule has 0 radical (unpaired) electrons. The molecule has 30 heavy (non-hydrogen) atoms. The Balaban J connectivity index is 2.04. The predicted octanol–water partition coefficient (Wildman–Crippen LogP) is 5.40. The van der Waals surface area contributed by atoms with E-state index in [0.717, 1.165) is 12.0 Å². The molecule has 0 spiro atoms. The van der Waals surface area contributed by atoms with Gasteiger partial charge in [0.1, 0.15) is 5.60 Å². The lowest BCUT2D eigenvalue weighted by Gasteiger charge is -2.38. The van der Waals surface area contributed by atoms with Crippen LogP contribution in [0.25, 0.3) is 0 Å². The molecule has 1 aliphatic heterocycles. The number of amides is 1. The van der Waals surface area contributed by atoms with E-state index in [4.69, 9.17) is 14.2 Å². The van der Waals surface area contributed by atoms with Crippen LogP contribution in [0.5, 0.6) is 11.5 Å². The Morgan fingerprint density at radius 1 is 1.03 bits per heavy atom. The summed E-state index contributed by atoms with van der Waals surface area (Å²) in [5, 5.41) is 0. The van der Waals surface area contributed by atoms with Crippen LogP contribution in [0.3, 0.4) is 0 Å². The number of benzene rings is 2. The number of aryl methyl sites for hydroxylation is 2. The van der Waals surface area contributed by atoms with Gasteiger partial charge in [0.25, 0.3) is 0 Å². The summed E-state index contributed by atoms with van der Waals surface area (Å²) in [5.74, 6) is 1.39. The Bertz CT molecular complexity index is 929. The number of carbonyl (C=O) groups excluding carboxylic acids is 1. The summed E-state index contributed by atoms with van der Waals surface area (Å²) in [5.41, 5.74) is 5.43. The van der Waals surface area contributed by atoms with Gasteiger partial charge in [-0.1, -0.05) is 18.2 Å². The SMILES string of the molecule is COc1cc2c(cc1OC)C(Cc1ccc(C)c(C)c1)N(C(=O)OC(C)(C)C)CC2. The van der Waals surface area contributed by atoms with Gasteiger partial charge in [-0.25, -0.2) is 4.79 Å². The monoisotopic (exact) mass is 411 g/mol. The molecule has 3 rings (SSSR count). The first kappa shape index (κ1) is 22.0. The van der Waals surface area contributed by atoms with Crippen molar-refractivity contribution in [1.29, 1.82) is 0 Å². The number of carbonyl (C=O) groups is 1. The van der Waals surface area contributed by atoms with Crippen molar-refractivity contribution in [2.24, 2.45) is 0 Å². The Hall–Kier alpha value is -2.69. The normalized spacial score (nSPS) is 16.1. The summed E-state index contributed by atoms with van der Waals surface area (Å²) in [6.45, 7) is 10.5. The molecule has 0 aliphatic carbocycles. The van der Waals surface area contributed by atoms with E-state index in [9.17, 15) is 4.79 Å². The van der Waals surface area contributed by atoms with Crippen LogP contribution < -0.4 is 9.47 Å². The van der Waals surface area contributed by atoms with Crippen LogP contribution in [-0.4, -0.2) is 37.4 Å². The maximum Gasteiger partial charge on any atom is 0.410 e. The fourth-order valence-electron chi connectivity index (χ4n) is 3.94. The van der Waals surface area contributed by atoms with Gasteiger partial charge in [-0.15, -0.1) is 0 Å². The molecule has 0 saturated carbocycles. The molecule has 0 aromatic heterocycles. The number of nitrogens with zero attached hydrogens (tertiary/aromatic N) is 1. The number of hydrogen-bond acceptors (Lipinski definition) is 4. The molecule has 162 valence electrons. The zero-order valence-corrected chi connectivity index (χ0v) is 19.2. The van der Waals surface area contributed by atoms with Gasteiger partial charge in [0.05, 0.1) is 20.3 Å². The molecular formula is C25H33NO4. The van der Waals surface area contributed by atoms with Crippen molar-refractivity contribution in [2.75, 3.05) is 20.8 Å². The van der Waals surface area contributed by atoms with Crippen LogP contribution in [0.2, 0.25) is 0 Å². The lowest BCUT2D eigenvalue weighted by molar-refractivity contribution is 0.0141. The fraction of sp³-hybridized carbons (Fsp3) is 0.480. The van der Waals surface area contributed by atoms with Crippen molar-refractivity contribution in [3.63, 3.8) is 0 Å². The van der Waals surface area contributed by atoms with Crippen molar-refractivity contribution in [3.05, 3.63) is 58.1 Å². The van der Waals surface area contributed by atoms with Crippen molar-refractivity contribution in [3.8, 4) is 11.5 Å². The van der Waals surface area contributed by atoms with E-state index in [1.165, 1.54) is 22.3 Å². The van der Waals surface area contributed by atoms with Gasteiger partial charge in [0.15, 0.2) is 11.5 Å². The van der Waals surface area contributed by atoms with Crippen molar-refractivity contribution < 1.29 is 19.0 Å². The van der Waals surface area contributed by atoms with E-state index in [1.807, 2.05) is 37.8 Å². The first-order valence-corrected chi connectivity index (χ1v) is 10.4. The summed E-state index contributed by atoms with van der Waals surface area (Å²) in [6, 6.07) is 10.4. The highest BCUT2D eigenvalue weighted by molar-refractivity contribution is 5.70. The van der Waals surface area contributed by atoms with Crippen molar-refractivity contribution >= 4 is 6.09 Å². The summed E-state index contributed by atoms with van der Waals surface area (Å²) in [4.78, 5) is 14.9. The summed E-state index contributed by atoms with van der Waals surface area (Å²) in [6.07, 6.45) is 1.18. The van der Waals surface area contributed by atoms with Crippen LogP contribution in [-0.2, 0) is 17.6 Å². The van der Waals surface area contributed by atoms with Crippen LogP contribution in [0, 0.1) is 13.8 Å². The van der Waals surface area contributed by atoms with Gasteiger partial charge in [0, 0.05) is 6.54 Å². The maximum atomic E-state index is 13.1. The second kappa shape index (κ2) is 8.58. The molecule has 5 heteroatoms. The van der Waals surface area contributed by atoms with E-state index in [2.05, 4.69) is 32.0 Å². The third kappa shape index (κ3) is 4.72. The number of fused-ring (bicyclic) bond motifs is 1. The number of ether oxygens (including phenoxy) is 3. The van der Waals surface area contributed by atoms with Crippen molar-refractivity contribution in [1.82, 2.24) is 4.90 Å². The highest BCUT2D eigenvalue weighted by atomic mass is 16.6. The standard InChI is InChI=1S/C25H33NO4/c1-16-8-9-18(12-17(16)2)13-21-20-15-23(29-7)22(28-6)14-19(20)10-11-26(21)24(27)30-25(3,4)5/h8-9,12,14-15,21H,10-11,13H2,1-7H3. The van der Waals surface area contributed by atoms with Crippen LogP contribution in [0.4, 0.5) is 4.79 Å². The number of hydrogen-bond donors (Lipinski definition) is 0.